The molecule has 0 spiro atoms. The van der Waals surface area contributed by atoms with Gasteiger partial charge in [0.25, 0.3) is 0 Å². The Kier molecular flexibility index (Phi) is 4.81. The van der Waals surface area contributed by atoms with Crippen LogP contribution in [0.4, 0.5) is 0 Å². The fourth-order valence-corrected chi connectivity index (χ4v) is 3.70. The number of nitrogens with zero attached hydrogens (tertiary/aromatic N) is 2. The first kappa shape index (κ1) is 14.0. The minimum Gasteiger partial charge on any atom is -0.271 e. The summed E-state index contributed by atoms with van der Waals surface area (Å²) < 4.78 is 3.10. The van der Waals surface area contributed by atoms with Crippen molar-refractivity contribution < 1.29 is 0 Å². The summed E-state index contributed by atoms with van der Waals surface area (Å²) in [5, 5.41) is 4.39. The molecule has 0 aliphatic heterocycles. The predicted octanol–water partition coefficient (Wildman–Crippen LogP) is 3.00. The van der Waals surface area contributed by atoms with E-state index in [1.165, 1.54) is 31.4 Å². The number of aryl methyl sites for hydroxylation is 1. The Morgan fingerprint density at radius 1 is 1.61 bits per heavy atom. The first-order chi connectivity index (χ1) is 8.67. The molecule has 1 aromatic heterocycles. The van der Waals surface area contributed by atoms with Crippen molar-refractivity contribution in [1.82, 2.24) is 15.2 Å². The highest BCUT2D eigenvalue weighted by Crippen LogP contribution is 2.38. The monoisotopic (exact) mass is 314 g/mol. The molecule has 4 nitrogen and oxygen atoms in total. The van der Waals surface area contributed by atoms with Crippen LogP contribution in [0.5, 0.6) is 0 Å². The van der Waals surface area contributed by atoms with Gasteiger partial charge in [-0.05, 0) is 47.5 Å². The number of aromatic nitrogens is 2. The highest BCUT2D eigenvalue weighted by Gasteiger charge is 2.30. The second-order valence-corrected chi connectivity index (χ2v) is 6.22. The second-order valence-electron chi connectivity index (χ2n) is 5.37. The lowest BCUT2D eigenvalue weighted by Gasteiger charge is -2.33. The summed E-state index contributed by atoms with van der Waals surface area (Å²) >= 11 is 3.60. The minimum atomic E-state index is 0.199. The molecular formula is C13H23BrN4. The van der Waals surface area contributed by atoms with Gasteiger partial charge in [0.15, 0.2) is 0 Å². The SMILES string of the molecule is CCn1ncc(Br)c1C(NN)C1CCCC(C)C1. The zero-order valence-corrected chi connectivity index (χ0v) is 12.8. The number of hydrogen-bond donors (Lipinski definition) is 2. The Balaban J connectivity index is 2.24. The molecule has 3 unspecified atom stereocenters. The van der Waals surface area contributed by atoms with Gasteiger partial charge >= 0.3 is 0 Å². The van der Waals surface area contributed by atoms with E-state index in [2.05, 4.69) is 40.3 Å². The van der Waals surface area contributed by atoms with Gasteiger partial charge in [-0.15, -0.1) is 0 Å². The number of nitrogens with two attached hydrogens (primary N) is 1. The van der Waals surface area contributed by atoms with E-state index < -0.39 is 0 Å². The van der Waals surface area contributed by atoms with Crippen molar-refractivity contribution in [3.63, 3.8) is 0 Å². The predicted molar refractivity (Wildman–Crippen MR) is 76.8 cm³/mol. The Hall–Kier alpha value is -0.390. The van der Waals surface area contributed by atoms with E-state index >= 15 is 0 Å². The van der Waals surface area contributed by atoms with Crippen molar-refractivity contribution >= 4 is 15.9 Å². The van der Waals surface area contributed by atoms with Crippen LogP contribution in [0.1, 0.15) is 51.3 Å². The molecular weight excluding hydrogens is 292 g/mol. The van der Waals surface area contributed by atoms with Crippen LogP contribution in [0.2, 0.25) is 0 Å². The average molecular weight is 315 g/mol. The summed E-state index contributed by atoms with van der Waals surface area (Å²) in [7, 11) is 0. The van der Waals surface area contributed by atoms with Gasteiger partial charge in [0.2, 0.25) is 0 Å². The lowest BCUT2D eigenvalue weighted by atomic mass is 9.78. The van der Waals surface area contributed by atoms with E-state index in [9.17, 15) is 0 Å². The van der Waals surface area contributed by atoms with E-state index in [0.717, 1.165) is 16.9 Å². The lowest BCUT2D eigenvalue weighted by Crippen LogP contribution is -2.37. The Morgan fingerprint density at radius 2 is 2.39 bits per heavy atom. The number of hydrogen-bond acceptors (Lipinski definition) is 3. The van der Waals surface area contributed by atoms with E-state index in [1.807, 2.05) is 10.9 Å². The Bertz CT molecular complexity index is 390. The molecule has 1 fully saturated rings. The van der Waals surface area contributed by atoms with Crippen molar-refractivity contribution in [2.75, 3.05) is 0 Å². The largest absolute Gasteiger partial charge is 0.271 e. The zero-order chi connectivity index (χ0) is 13.1. The summed E-state index contributed by atoms with van der Waals surface area (Å²) in [5.74, 6) is 7.23. The number of rotatable bonds is 4. The minimum absolute atomic E-state index is 0.199. The number of hydrazine groups is 1. The molecule has 1 aromatic rings. The van der Waals surface area contributed by atoms with E-state index in [-0.39, 0.29) is 6.04 Å². The van der Waals surface area contributed by atoms with Gasteiger partial charge in [0.1, 0.15) is 0 Å². The van der Waals surface area contributed by atoms with Gasteiger partial charge in [-0.3, -0.25) is 16.0 Å². The summed E-state index contributed by atoms with van der Waals surface area (Å²) in [4.78, 5) is 0. The lowest BCUT2D eigenvalue weighted by molar-refractivity contribution is 0.217. The molecule has 102 valence electrons. The fraction of sp³-hybridized carbons (Fsp3) is 0.769. The molecule has 3 N–H and O–H groups in total. The molecule has 0 bridgehead atoms. The van der Waals surface area contributed by atoms with Crippen LogP contribution in [0.25, 0.3) is 0 Å². The van der Waals surface area contributed by atoms with Gasteiger partial charge in [0, 0.05) is 6.54 Å². The summed E-state index contributed by atoms with van der Waals surface area (Å²) in [6.07, 6.45) is 7.02. The van der Waals surface area contributed by atoms with Crippen LogP contribution in [0, 0.1) is 11.8 Å². The second kappa shape index (κ2) is 6.17. The molecule has 0 radical (unpaired) electrons. The maximum Gasteiger partial charge on any atom is 0.0711 e. The molecule has 1 aliphatic rings. The molecule has 0 amide bonds. The van der Waals surface area contributed by atoms with Crippen molar-refractivity contribution in [2.45, 2.75) is 52.1 Å². The van der Waals surface area contributed by atoms with Crippen LogP contribution in [-0.4, -0.2) is 9.78 Å². The number of nitrogens with one attached hydrogen (secondary N) is 1. The molecule has 1 heterocycles. The van der Waals surface area contributed by atoms with Crippen LogP contribution in [0.3, 0.4) is 0 Å². The van der Waals surface area contributed by atoms with Crippen molar-refractivity contribution in [1.29, 1.82) is 0 Å². The van der Waals surface area contributed by atoms with Crippen LogP contribution < -0.4 is 11.3 Å². The molecule has 18 heavy (non-hydrogen) atoms. The van der Waals surface area contributed by atoms with Gasteiger partial charge in [0.05, 0.1) is 22.4 Å². The maximum atomic E-state index is 5.82. The first-order valence-corrected chi connectivity index (χ1v) is 7.64. The molecule has 0 saturated heterocycles. The first-order valence-electron chi connectivity index (χ1n) is 6.84. The van der Waals surface area contributed by atoms with Gasteiger partial charge in [-0.1, -0.05) is 19.8 Å². The summed E-state index contributed by atoms with van der Waals surface area (Å²) in [5.41, 5.74) is 4.21. The van der Waals surface area contributed by atoms with Gasteiger partial charge < -0.3 is 0 Å². The van der Waals surface area contributed by atoms with E-state index in [0.29, 0.717) is 5.92 Å². The molecule has 0 aromatic carbocycles. The Morgan fingerprint density at radius 3 is 3.00 bits per heavy atom. The Labute approximate surface area is 117 Å². The van der Waals surface area contributed by atoms with Gasteiger partial charge in [-0.2, -0.15) is 5.10 Å². The smallest absolute Gasteiger partial charge is 0.0711 e. The molecule has 3 atom stereocenters. The average Bonchev–Trinajstić information content (AvgIpc) is 2.72. The van der Waals surface area contributed by atoms with Crippen LogP contribution in [-0.2, 0) is 6.54 Å². The van der Waals surface area contributed by atoms with Gasteiger partial charge in [-0.25, -0.2) is 0 Å². The quantitative estimate of drug-likeness (QED) is 0.663. The molecule has 5 heteroatoms. The molecule has 1 aliphatic carbocycles. The van der Waals surface area contributed by atoms with E-state index in [1.54, 1.807) is 0 Å². The molecule has 2 rings (SSSR count). The number of halogens is 1. The van der Waals surface area contributed by atoms with Crippen molar-refractivity contribution in [3.05, 3.63) is 16.4 Å². The van der Waals surface area contributed by atoms with Crippen LogP contribution >= 0.6 is 15.9 Å². The van der Waals surface area contributed by atoms with Crippen molar-refractivity contribution in [2.24, 2.45) is 17.7 Å². The standard InChI is InChI=1S/C13H23BrN4/c1-3-18-13(11(14)8-16-18)12(17-15)10-6-4-5-9(2)7-10/h8-10,12,17H,3-7,15H2,1-2H3. The third-order valence-corrected chi connectivity index (χ3v) is 4.67. The maximum absolute atomic E-state index is 5.82. The highest BCUT2D eigenvalue weighted by atomic mass is 79.9. The molecule has 1 saturated carbocycles. The fourth-order valence-electron chi connectivity index (χ4n) is 3.16. The highest BCUT2D eigenvalue weighted by molar-refractivity contribution is 9.10. The van der Waals surface area contributed by atoms with Crippen molar-refractivity contribution in [3.8, 4) is 0 Å². The zero-order valence-electron chi connectivity index (χ0n) is 11.2. The third kappa shape index (κ3) is 2.78. The summed E-state index contributed by atoms with van der Waals surface area (Å²) in [6.45, 7) is 5.33. The third-order valence-electron chi connectivity index (χ3n) is 4.06. The topological polar surface area (TPSA) is 55.9 Å². The normalized spacial score (nSPS) is 26.2. The van der Waals surface area contributed by atoms with Crippen LogP contribution in [0.15, 0.2) is 10.7 Å². The summed E-state index contributed by atoms with van der Waals surface area (Å²) in [6, 6.07) is 0.199. The van der Waals surface area contributed by atoms with E-state index in [4.69, 9.17) is 5.84 Å².